The number of hydrogen-bond acceptors (Lipinski definition) is 4. The number of imidazole rings is 1. The molecule has 0 atom stereocenters. The molecule has 0 saturated carbocycles. The summed E-state index contributed by atoms with van der Waals surface area (Å²) in [4.78, 5) is 4.16. The molecule has 3 rings (SSSR count). The van der Waals surface area contributed by atoms with Crippen LogP contribution in [-0.2, 0) is 23.0 Å². The number of fused-ring (bicyclic) bond motifs is 1. The number of para-hydroxylation sites is 2. The molecule has 0 radical (unpaired) electrons. The van der Waals surface area contributed by atoms with E-state index in [0.29, 0.717) is 18.0 Å². The van der Waals surface area contributed by atoms with E-state index in [2.05, 4.69) is 9.71 Å². The standard InChI is InChI=1S/C13H15N3O3S/c1-19-11-6-3-2-5-10(11)15-20(17,18)13-9-14-12-7-4-8-16(12)13/h2-3,5-6,9,15H,4,7-8H2,1H3. The number of aromatic nitrogens is 2. The number of ether oxygens (including phenoxy) is 1. The van der Waals surface area contributed by atoms with E-state index in [-0.39, 0.29) is 5.03 Å². The highest BCUT2D eigenvalue weighted by molar-refractivity contribution is 7.92. The third-order valence-electron chi connectivity index (χ3n) is 3.31. The Kier molecular flexibility index (Phi) is 3.13. The maximum Gasteiger partial charge on any atom is 0.279 e. The summed E-state index contributed by atoms with van der Waals surface area (Å²) in [7, 11) is -2.15. The van der Waals surface area contributed by atoms with Gasteiger partial charge in [0.15, 0.2) is 5.03 Å². The van der Waals surface area contributed by atoms with Crippen LogP contribution in [0.5, 0.6) is 5.75 Å². The number of methoxy groups -OCH3 is 1. The number of rotatable bonds is 4. The first-order valence-electron chi connectivity index (χ1n) is 6.32. The fourth-order valence-corrected chi connectivity index (χ4v) is 3.61. The van der Waals surface area contributed by atoms with Crippen LogP contribution in [0.3, 0.4) is 0 Å². The Bertz CT molecular complexity index is 737. The average molecular weight is 293 g/mol. The van der Waals surface area contributed by atoms with Crippen molar-refractivity contribution in [2.45, 2.75) is 24.4 Å². The van der Waals surface area contributed by atoms with Crippen LogP contribution in [0.2, 0.25) is 0 Å². The van der Waals surface area contributed by atoms with Gasteiger partial charge in [-0.3, -0.25) is 4.72 Å². The van der Waals surface area contributed by atoms with E-state index in [1.807, 2.05) is 0 Å². The third kappa shape index (κ3) is 2.14. The van der Waals surface area contributed by atoms with Crippen LogP contribution in [0, 0.1) is 0 Å². The highest BCUT2D eigenvalue weighted by Crippen LogP contribution is 2.27. The molecule has 7 heteroatoms. The lowest BCUT2D eigenvalue weighted by atomic mass is 10.3. The minimum atomic E-state index is -3.66. The van der Waals surface area contributed by atoms with Crippen molar-refractivity contribution in [1.82, 2.24) is 9.55 Å². The zero-order valence-corrected chi connectivity index (χ0v) is 11.9. The number of aryl methyl sites for hydroxylation is 1. The van der Waals surface area contributed by atoms with Crippen molar-refractivity contribution in [2.75, 3.05) is 11.8 Å². The molecule has 0 spiro atoms. The SMILES string of the molecule is COc1ccccc1NS(=O)(=O)c1cnc2n1CCC2. The summed E-state index contributed by atoms with van der Waals surface area (Å²) in [5, 5.41) is 0.205. The van der Waals surface area contributed by atoms with Gasteiger partial charge in [-0.25, -0.2) is 4.98 Å². The van der Waals surface area contributed by atoms with Crippen molar-refractivity contribution >= 4 is 15.7 Å². The van der Waals surface area contributed by atoms with Crippen LogP contribution in [0.1, 0.15) is 12.2 Å². The number of hydrogen-bond donors (Lipinski definition) is 1. The average Bonchev–Trinajstić information content (AvgIpc) is 3.00. The van der Waals surface area contributed by atoms with Gasteiger partial charge in [0.2, 0.25) is 0 Å². The molecule has 20 heavy (non-hydrogen) atoms. The smallest absolute Gasteiger partial charge is 0.279 e. The Morgan fingerprint density at radius 2 is 2.15 bits per heavy atom. The Hall–Kier alpha value is -2.02. The topological polar surface area (TPSA) is 73.2 Å². The quantitative estimate of drug-likeness (QED) is 0.930. The lowest BCUT2D eigenvalue weighted by molar-refractivity contribution is 0.417. The van der Waals surface area contributed by atoms with Crippen LogP contribution in [0.25, 0.3) is 0 Å². The van der Waals surface area contributed by atoms with Crippen LogP contribution in [0.4, 0.5) is 5.69 Å². The molecule has 106 valence electrons. The van der Waals surface area contributed by atoms with Crippen LogP contribution < -0.4 is 9.46 Å². The molecule has 0 fully saturated rings. The van der Waals surface area contributed by atoms with Crippen LogP contribution in [-0.4, -0.2) is 25.1 Å². The number of nitrogens with one attached hydrogen (secondary N) is 1. The number of anilines is 1. The van der Waals surface area contributed by atoms with Crippen molar-refractivity contribution in [3.63, 3.8) is 0 Å². The van der Waals surface area contributed by atoms with E-state index < -0.39 is 10.0 Å². The first kappa shape index (κ1) is 13.0. The van der Waals surface area contributed by atoms with Gasteiger partial charge >= 0.3 is 0 Å². The fourth-order valence-electron chi connectivity index (χ4n) is 2.37. The van der Waals surface area contributed by atoms with Crippen molar-refractivity contribution in [3.8, 4) is 5.75 Å². The lowest BCUT2D eigenvalue weighted by Gasteiger charge is -2.12. The van der Waals surface area contributed by atoms with Gasteiger partial charge in [0.05, 0.1) is 19.0 Å². The second-order valence-corrected chi connectivity index (χ2v) is 6.20. The monoisotopic (exact) mass is 293 g/mol. The molecule has 1 aliphatic heterocycles. The predicted octanol–water partition coefficient (Wildman–Crippen LogP) is 1.64. The number of sulfonamides is 1. The Morgan fingerprint density at radius 3 is 2.95 bits per heavy atom. The summed E-state index contributed by atoms with van der Waals surface area (Å²) in [5.74, 6) is 1.31. The fraction of sp³-hybridized carbons (Fsp3) is 0.308. The zero-order valence-electron chi connectivity index (χ0n) is 11.0. The largest absolute Gasteiger partial charge is 0.495 e. The molecular weight excluding hydrogens is 278 g/mol. The first-order chi connectivity index (χ1) is 9.62. The summed E-state index contributed by atoms with van der Waals surface area (Å²) in [6.45, 7) is 0.692. The summed E-state index contributed by atoms with van der Waals surface area (Å²) in [6, 6.07) is 6.91. The summed E-state index contributed by atoms with van der Waals surface area (Å²) >= 11 is 0. The normalized spacial score (nSPS) is 14.1. The molecular formula is C13H15N3O3S. The van der Waals surface area contributed by atoms with Gasteiger partial charge in [0, 0.05) is 13.0 Å². The second kappa shape index (κ2) is 4.82. The van der Waals surface area contributed by atoms with Gasteiger partial charge in [0.1, 0.15) is 11.6 Å². The highest BCUT2D eigenvalue weighted by atomic mass is 32.2. The predicted molar refractivity (Wildman–Crippen MR) is 74.4 cm³/mol. The minimum absolute atomic E-state index is 0.205. The molecule has 2 aromatic rings. The Labute approximate surface area is 117 Å². The summed E-state index contributed by atoms with van der Waals surface area (Å²) in [5.41, 5.74) is 0.420. The van der Waals surface area contributed by atoms with E-state index in [0.717, 1.165) is 18.7 Å². The van der Waals surface area contributed by atoms with Gasteiger partial charge in [-0.05, 0) is 18.6 Å². The molecule has 0 bridgehead atoms. The van der Waals surface area contributed by atoms with Gasteiger partial charge in [-0.2, -0.15) is 8.42 Å². The van der Waals surface area contributed by atoms with Gasteiger partial charge in [0.25, 0.3) is 10.0 Å². The van der Waals surface area contributed by atoms with Crippen molar-refractivity contribution in [3.05, 3.63) is 36.3 Å². The van der Waals surface area contributed by atoms with Crippen molar-refractivity contribution in [2.24, 2.45) is 0 Å². The highest BCUT2D eigenvalue weighted by Gasteiger charge is 2.25. The minimum Gasteiger partial charge on any atom is -0.495 e. The van der Waals surface area contributed by atoms with Gasteiger partial charge < -0.3 is 9.30 Å². The molecule has 0 amide bonds. The molecule has 2 heterocycles. The molecule has 6 nitrogen and oxygen atoms in total. The Balaban J connectivity index is 1.96. The molecule has 1 aliphatic rings. The summed E-state index contributed by atoms with van der Waals surface area (Å²) < 4.78 is 34.4. The maximum absolute atomic E-state index is 12.5. The van der Waals surface area contributed by atoms with E-state index in [1.54, 1.807) is 28.8 Å². The molecule has 1 aromatic carbocycles. The zero-order chi connectivity index (χ0) is 14.2. The lowest BCUT2D eigenvalue weighted by Crippen LogP contribution is -2.17. The number of benzene rings is 1. The van der Waals surface area contributed by atoms with Crippen LogP contribution >= 0.6 is 0 Å². The molecule has 0 saturated heterocycles. The molecule has 0 aliphatic carbocycles. The molecule has 0 unspecified atom stereocenters. The number of nitrogens with zero attached hydrogens (tertiary/aromatic N) is 2. The third-order valence-corrected chi connectivity index (χ3v) is 4.68. The van der Waals surface area contributed by atoms with E-state index >= 15 is 0 Å². The maximum atomic E-state index is 12.5. The van der Waals surface area contributed by atoms with Crippen LogP contribution in [0.15, 0.2) is 35.5 Å². The molecule has 1 N–H and O–H groups in total. The van der Waals surface area contributed by atoms with E-state index in [1.165, 1.54) is 13.3 Å². The van der Waals surface area contributed by atoms with Gasteiger partial charge in [-0.15, -0.1) is 0 Å². The van der Waals surface area contributed by atoms with E-state index in [4.69, 9.17) is 4.74 Å². The first-order valence-corrected chi connectivity index (χ1v) is 7.80. The molecule has 1 aromatic heterocycles. The van der Waals surface area contributed by atoms with Gasteiger partial charge in [-0.1, -0.05) is 12.1 Å². The Morgan fingerprint density at radius 1 is 1.35 bits per heavy atom. The van der Waals surface area contributed by atoms with Crippen molar-refractivity contribution in [1.29, 1.82) is 0 Å². The summed E-state index contributed by atoms with van der Waals surface area (Å²) in [6.07, 6.45) is 3.16. The second-order valence-electron chi connectivity index (χ2n) is 4.57. The van der Waals surface area contributed by atoms with Crippen molar-refractivity contribution < 1.29 is 13.2 Å². The van der Waals surface area contributed by atoms with E-state index in [9.17, 15) is 8.42 Å².